The van der Waals surface area contributed by atoms with Gasteiger partial charge in [0.05, 0.1) is 26.3 Å². The normalized spacial score (nSPS) is 30.0. The maximum atomic E-state index is 4.44. The number of amidine groups is 1. The summed E-state index contributed by atoms with van der Waals surface area (Å²) >= 11 is 0. The summed E-state index contributed by atoms with van der Waals surface area (Å²) in [4.78, 5) is 4.44. The molecule has 1 atom stereocenters. The van der Waals surface area contributed by atoms with E-state index in [1.807, 2.05) is 0 Å². The molecule has 1 heterocycles. The molecular weight excluding hydrogens is 124 g/mol. The first-order valence-corrected chi connectivity index (χ1v) is 3.60. The summed E-state index contributed by atoms with van der Waals surface area (Å²) in [5.41, 5.74) is 0. The minimum absolute atomic E-state index is 0.367. The fourth-order valence-electron chi connectivity index (χ4n) is 0.934. The molecule has 2 nitrogen and oxygen atoms in total. The number of hydrogen-bond donors (Lipinski definition) is 0. The molecule has 10 heavy (non-hydrogen) atoms. The lowest BCUT2D eigenvalue weighted by Crippen LogP contribution is -2.41. The first kappa shape index (κ1) is 7.48. The lowest BCUT2D eigenvalue weighted by atomic mass is 10.3. The van der Waals surface area contributed by atoms with Crippen LogP contribution in [0.2, 0.25) is 0 Å². The van der Waals surface area contributed by atoms with Crippen LogP contribution in [0.5, 0.6) is 0 Å². The molecule has 0 spiro atoms. The number of hydrogen-bond acceptors (Lipinski definition) is 1. The third kappa shape index (κ3) is 1.27. The van der Waals surface area contributed by atoms with Gasteiger partial charge in [0.25, 0.3) is 0 Å². The van der Waals surface area contributed by atoms with Gasteiger partial charge in [-0.05, 0) is 13.0 Å². The molecule has 1 unspecified atom stereocenters. The molecule has 0 aromatic heterocycles. The molecule has 1 aliphatic heterocycles. The van der Waals surface area contributed by atoms with E-state index in [1.54, 1.807) is 0 Å². The van der Waals surface area contributed by atoms with E-state index >= 15 is 0 Å². The van der Waals surface area contributed by atoms with Gasteiger partial charge < -0.3 is 0 Å². The van der Waals surface area contributed by atoms with Gasteiger partial charge in [-0.3, -0.25) is 4.48 Å². The summed E-state index contributed by atoms with van der Waals surface area (Å²) in [5.74, 6) is 1.18. The quantitative estimate of drug-likeness (QED) is 0.450. The van der Waals surface area contributed by atoms with E-state index in [1.165, 1.54) is 5.84 Å². The molecule has 56 valence electrons. The van der Waals surface area contributed by atoms with E-state index < -0.39 is 0 Å². The van der Waals surface area contributed by atoms with Crippen LogP contribution in [0.4, 0.5) is 0 Å². The Morgan fingerprint density at radius 2 is 2.10 bits per heavy atom. The molecule has 0 amide bonds. The minimum Gasteiger partial charge on any atom is -0.258 e. The predicted molar refractivity (Wildman–Crippen MR) is 43.8 cm³/mol. The van der Waals surface area contributed by atoms with Crippen LogP contribution in [0.15, 0.2) is 17.3 Å². The molecule has 1 rings (SSSR count). The summed E-state index contributed by atoms with van der Waals surface area (Å²) in [6.07, 6.45) is 4.31. The van der Waals surface area contributed by atoms with Gasteiger partial charge in [0.15, 0.2) is 5.84 Å². The zero-order valence-electron chi connectivity index (χ0n) is 7.13. The maximum absolute atomic E-state index is 4.44. The Morgan fingerprint density at radius 1 is 1.50 bits per heavy atom. The largest absolute Gasteiger partial charge is 0.258 e. The zero-order valence-corrected chi connectivity index (χ0v) is 7.13. The van der Waals surface area contributed by atoms with Crippen molar-refractivity contribution in [1.82, 2.24) is 0 Å². The maximum Gasteiger partial charge on any atom is 0.199 e. The Morgan fingerprint density at radius 3 is 2.50 bits per heavy atom. The Labute approximate surface area is 62.5 Å². The first-order valence-electron chi connectivity index (χ1n) is 3.60. The van der Waals surface area contributed by atoms with Crippen molar-refractivity contribution in [2.75, 3.05) is 14.1 Å². The van der Waals surface area contributed by atoms with E-state index in [0.29, 0.717) is 6.04 Å². The highest BCUT2D eigenvalue weighted by molar-refractivity contribution is 5.74. The predicted octanol–water partition coefficient (Wildman–Crippen LogP) is 1.40. The Balaban J connectivity index is 2.87. The third-order valence-electron chi connectivity index (χ3n) is 1.96. The van der Waals surface area contributed by atoms with Crippen molar-refractivity contribution in [3.63, 3.8) is 0 Å². The van der Waals surface area contributed by atoms with Gasteiger partial charge in [0.2, 0.25) is 0 Å². The monoisotopic (exact) mass is 139 g/mol. The summed E-state index contributed by atoms with van der Waals surface area (Å²) in [7, 11) is 4.25. The van der Waals surface area contributed by atoms with Crippen molar-refractivity contribution in [3.8, 4) is 0 Å². The van der Waals surface area contributed by atoms with E-state index in [9.17, 15) is 0 Å². The van der Waals surface area contributed by atoms with Crippen LogP contribution in [-0.4, -0.2) is 30.5 Å². The first-order chi connectivity index (χ1) is 4.52. The van der Waals surface area contributed by atoms with Crippen LogP contribution in [0.25, 0.3) is 0 Å². The number of nitrogens with zero attached hydrogens (tertiary/aromatic N) is 2. The van der Waals surface area contributed by atoms with Crippen molar-refractivity contribution in [1.29, 1.82) is 0 Å². The average Bonchev–Trinajstić information content (AvgIpc) is 1.81. The summed E-state index contributed by atoms with van der Waals surface area (Å²) in [5, 5.41) is 0. The zero-order chi connectivity index (χ0) is 7.78. The molecule has 0 saturated carbocycles. The standard InChI is InChI=1S/C8H15N2/c1-7-5-6-10(3,4)8(2)9-7/h5-7H,1-4H3/q+1. The Bertz CT molecular complexity index is 189. The van der Waals surface area contributed by atoms with E-state index in [-0.39, 0.29) is 0 Å². The third-order valence-corrected chi connectivity index (χ3v) is 1.96. The summed E-state index contributed by atoms with van der Waals surface area (Å²) < 4.78 is 0.796. The fourth-order valence-corrected chi connectivity index (χ4v) is 0.934. The second-order valence-electron chi connectivity index (χ2n) is 3.30. The molecular formula is C8H15N2+. The molecule has 0 saturated heterocycles. The molecule has 0 fully saturated rings. The number of quaternary nitrogens is 1. The molecule has 0 radical (unpaired) electrons. The Hall–Kier alpha value is -0.630. The lowest BCUT2D eigenvalue weighted by molar-refractivity contribution is -0.744. The molecule has 0 bridgehead atoms. The van der Waals surface area contributed by atoms with E-state index in [0.717, 1.165) is 4.48 Å². The van der Waals surface area contributed by atoms with E-state index in [4.69, 9.17) is 0 Å². The minimum atomic E-state index is 0.367. The smallest absolute Gasteiger partial charge is 0.199 e. The highest BCUT2D eigenvalue weighted by atomic mass is 15.3. The molecule has 0 aromatic carbocycles. The second-order valence-corrected chi connectivity index (χ2v) is 3.30. The van der Waals surface area contributed by atoms with Gasteiger partial charge in [-0.25, -0.2) is 4.99 Å². The van der Waals surface area contributed by atoms with Crippen molar-refractivity contribution in [2.45, 2.75) is 19.9 Å². The van der Waals surface area contributed by atoms with Crippen LogP contribution in [0, 0.1) is 0 Å². The van der Waals surface area contributed by atoms with Gasteiger partial charge >= 0.3 is 0 Å². The van der Waals surface area contributed by atoms with Crippen LogP contribution in [0.3, 0.4) is 0 Å². The van der Waals surface area contributed by atoms with Gasteiger partial charge in [0.1, 0.15) is 0 Å². The van der Waals surface area contributed by atoms with Crippen molar-refractivity contribution >= 4 is 5.84 Å². The van der Waals surface area contributed by atoms with Crippen molar-refractivity contribution < 1.29 is 4.48 Å². The summed E-state index contributed by atoms with van der Waals surface area (Å²) in [6, 6.07) is 0.367. The lowest BCUT2D eigenvalue weighted by Gasteiger charge is -2.27. The topological polar surface area (TPSA) is 12.4 Å². The SMILES string of the molecule is CC1=NC(C)C=C[N+]1(C)C. The van der Waals surface area contributed by atoms with Gasteiger partial charge in [-0.2, -0.15) is 0 Å². The number of aliphatic imine (C=N–C) groups is 1. The molecule has 0 aliphatic carbocycles. The van der Waals surface area contributed by atoms with Gasteiger partial charge in [0, 0.05) is 6.92 Å². The molecule has 0 N–H and O–H groups in total. The van der Waals surface area contributed by atoms with Gasteiger partial charge in [-0.15, -0.1) is 0 Å². The second kappa shape index (κ2) is 2.20. The fraction of sp³-hybridized carbons (Fsp3) is 0.625. The highest BCUT2D eigenvalue weighted by Gasteiger charge is 2.20. The van der Waals surface area contributed by atoms with Crippen LogP contribution < -0.4 is 0 Å². The Kier molecular flexibility index (Phi) is 1.65. The molecule has 1 aliphatic rings. The van der Waals surface area contributed by atoms with E-state index in [2.05, 4.69) is 45.2 Å². The molecule has 0 aromatic rings. The van der Waals surface area contributed by atoms with Gasteiger partial charge in [-0.1, -0.05) is 0 Å². The summed E-state index contributed by atoms with van der Waals surface area (Å²) in [6.45, 7) is 4.17. The van der Waals surface area contributed by atoms with Crippen LogP contribution in [-0.2, 0) is 0 Å². The van der Waals surface area contributed by atoms with Crippen LogP contribution in [0.1, 0.15) is 13.8 Å². The van der Waals surface area contributed by atoms with Crippen molar-refractivity contribution in [2.24, 2.45) is 4.99 Å². The van der Waals surface area contributed by atoms with Crippen molar-refractivity contribution in [3.05, 3.63) is 12.3 Å². The molecule has 2 heteroatoms. The average molecular weight is 139 g/mol. The van der Waals surface area contributed by atoms with Crippen LogP contribution >= 0.6 is 0 Å². The highest BCUT2D eigenvalue weighted by Crippen LogP contribution is 2.10. The number of rotatable bonds is 0.